The largest absolute Gasteiger partial charge is 0.479 e. The highest BCUT2D eigenvalue weighted by atomic mass is 16.4. The highest BCUT2D eigenvalue weighted by Gasteiger charge is 2.42. The first-order chi connectivity index (χ1) is 7.03. The summed E-state index contributed by atoms with van der Waals surface area (Å²) in [6, 6.07) is 0. The van der Waals surface area contributed by atoms with Crippen molar-refractivity contribution < 1.29 is 14.7 Å². The number of likely N-dealkylation sites (N-methyl/N-ethyl adjacent to an activating group) is 1. The summed E-state index contributed by atoms with van der Waals surface area (Å²) >= 11 is 0. The van der Waals surface area contributed by atoms with Crippen molar-refractivity contribution in [2.45, 2.75) is 44.6 Å². The average molecular weight is 213 g/mol. The lowest BCUT2D eigenvalue weighted by Gasteiger charge is -2.35. The molecule has 0 saturated heterocycles. The topological polar surface area (TPSA) is 57.6 Å². The molecule has 86 valence electrons. The number of amides is 1. The molecule has 4 heteroatoms. The zero-order valence-corrected chi connectivity index (χ0v) is 9.40. The molecule has 1 aliphatic carbocycles. The molecule has 1 aliphatic rings. The van der Waals surface area contributed by atoms with Gasteiger partial charge in [0.05, 0.1) is 0 Å². The van der Waals surface area contributed by atoms with E-state index < -0.39 is 11.5 Å². The molecule has 1 fully saturated rings. The Kier molecular flexibility index (Phi) is 3.72. The van der Waals surface area contributed by atoms with E-state index in [9.17, 15) is 14.7 Å². The lowest BCUT2D eigenvalue weighted by molar-refractivity contribution is -0.155. The van der Waals surface area contributed by atoms with Crippen LogP contribution >= 0.6 is 0 Å². The van der Waals surface area contributed by atoms with E-state index in [0.717, 1.165) is 19.3 Å². The van der Waals surface area contributed by atoms with Gasteiger partial charge in [0.15, 0.2) is 0 Å². The maximum atomic E-state index is 11.3. The Morgan fingerprint density at radius 1 is 1.47 bits per heavy atom. The molecule has 0 aromatic heterocycles. The first-order valence-electron chi connectivity index (χ1n) is 5.44. The molecule has 0 spiro atoms. The van der Waals surface area contributed by atoms with Gasteiger partial charge in [-0.15, -0.1) is 0 Å². The van der Waals surface area contributed by atoms with Crippen molar-refractivity contribution in [3.63, 3.8) is 0 Å². The predicted molar refractivity (Wildman–Crippen MR) is 56.4 cm³/mol. The Morgan fingerprint density at radius 2 is 2.13 bits per heavy atom. The predicted octanol–water partition coefficient (Wildman–Crippen LogP) is 1.50. The van der Waals surface area contributed by atoms with E-state index in [1.165, 1.54) is 4.90 Å². The van der Waals surface area contributed by atoms with Crippen LogP contribution in [0.4, 0.5) is 0 Å². The zero-order chi connectivity index (χ0) is 11.5. The molecule has 4 nitrogen and oxygen atoms in total. The fraction of sp³-hybridized carbons (Fsp3) is 0.818. The summed E-state index contributed by atoms with van der Waals surface area (Å²) in [6.45, 7) is 2.14. The van der Waals surface area contributed by atoms with Gasteiger partial charge < -0.3 is 10.0 Å². The standard InChI is InChI=1S/C11H19NO3/c1-9-4-3-6-11(7-5-9,10(14)15)12(2)8-13/h8-9H,3-7H2,1-2H3,(H,14,15). The minimum Gasteiger partial charge on any atom is -0.479 e. The average Bonchev–Trinajstić information content (AvgIpc) is 2.40. The highest BCUT2D eigenvalue weighted by molar-refractivity contribution is 5.81. The van der Waals surface area contributed by atoms with Gasteiger partial charge in [0.1, 0.15) is 5.54 Å². The van der Waals surface area contributed by atoms with Gasteiger partial charge >= 0.3 is 5.97 Å². The molecule has 0 aromatic carbocycles. The first kappa shape index (κ1) is 12.0. The van der Waals surface area contributed by atoms with E-state index in [-0.39, 0.29) is 0 Å². The van der Waals surface area contributed by atoms with Crippen LogP contribution in [0.1, 0.15) is 39.0 Å². The highest BCUT2D eigenvalue weighted by Crippen LogP contribution is 2.33. The molecule has 2 unspecified atom stereocenters. The second kappa shape index (κ2) is 4.64. The van der Waals surface area contributed by atoms with Crippen LogP contribution in [-0.4, -0.2) is 35.0 Å². The van der Waals surface area contributed by atoms with Crippen LogP contribution < -0.4 is 0 Å². The van der Waals surface area contributed by atoms with Gasteiger partial charge in [-0.05, 0) is 25.2 Å². The normalized spacial score (nSPS) is 31.7. The van der Waals surface area contributed by atoms with Gasteiger partial charge in [-0.25, -0.2) is 4.79 Å². The number of aliphatic carboxylic acids is 1. The number of carbonyl (C=O) groups is 2. The zero-order valence-electron chi connectivity index (χ0n) is 9.40. The molecular weight excluding hydrogens is 194 g/mol. The van der Waals surface area contributed by atoms with Gasteiger partial charge in [-0.2, -0.15) is 0 Å². The van der Waals surface area contributed by atoms with Crippen LogP contribution in [0.25, 0.3) is 0 Å². The van der Waals surface area contributed by atoms with Gasteiger partial charge in [-0.1, -0.05) is 19.8 Å². The van der Waals surface area contributed by atoms with Gasteiger partial charge in [0.25, 0.3) is 0 Å². The van der Waals surface area contributed by atoms with Crippen molar-refractivity contribution in [2.24, 2.45) is 5.92 Å². The van der Waals surface area contributed by atoms with Crippen LogP contribution in [0.15, 0.2) is 0 Å². The number of hydrogen-bond donors (Lipinski definition) is 1. The smallest absolute Gasteiger partial charge is 0.329 e. The van der Waals surface area contributed by atoms with Crippen LogP contribution in [-0.2, 0) is 9.59 Å². The van der Waals surface area contributed by atoms with E-state index in [0.29, 0.717) is 25.2 Å². The van der Waals surface area contributed by atoms with Crippen LogP contribution in [0, 0.1) is 5.92 Å². The SMILES string of the molecule is CC1CCCC(C(=O)O)(N(C)C=O)CC1. The van der Waals surface area contributed by atoms with Crippen molar-refractivity contribution in [3.8, 4) is 0 Å². The van der Waals surface area contributed by atoms with Crippen molar-refractivity contribution in [3.05, 3.63) is 0 Å². The van der Waals surface area contributed by atoms with Gasteiger partial charge in [0.2, 0.25) is 6.41 Å². The number of carboxylic acids is 1. The molecule has 0 bridgehead atoms. The summed E-state index contributed by atoms with van der Waals surface area (Å²) in [7, 11) is 1.57. The van der Waals surface area contributed by atoms with E-state index in [4.69, 9.17) is 0 Å². The van der Waals surface area contributed by atoms with Gasteiger partial charge in [0, 0.05) is 7.05 Å². The molecule has 2 atom stereocenters. The Morgan fingerprint density at radius 3 is 2.67 bits per heavy atom. The Hall–Kier alpha value is -1.06. The third-order valence-corrected chi connectivity index (χ3v) is 3.57. The molecule has 0 aliphatic heterocycles. The minimum absolute atomic E-state index is 0.561. The lowest BCUT2D eigenvalue weighted by Crippen LogP contribution is -2.52. The molecule has 0 radical (unpaired) electrons. The third-order valence-electron chi connectivity index (χ3n) is 3.57. The molecule has 1 amide bonds. The minimum atomic E-state index is -0.966. The summed E-state index contributed by atoms with van der Waals surface area (Å²) < 4.78 is 0. The fourth-order valence-electron chi connectivity index (χ4n) is 2.32. The number of carbonyl (C=O) groups excluding carboxylic acids is 1. The Labute approximate surface area is 90.3 Å². The van der Waals surface area contributed by atoms with Crippen LogP contribution in [0.5, 0.6) is 0 Å². The first-order valence-corrected chi connectivity index (χ1v) is 5.44. The summed E-state index contributed by atoms with van der Waals surface area (Å²) in [4.78, 5) is 23.4. The molecule has 0 heterocycles. The molecule has 1 N–H and O–H groups in total. The monoisotopic (exact) mass is 213 g/mol. The Bertz CT molecular complexity index is 254. The third kappa shape index (κ3) is 2.30. The second-order valence-electron chi connectivity index (χ2n) is 4.59. The number of rotatable bonds is 3. The molecular formula is C11H19NO3. The molecule has 0 aromatic rings. The molecule has 1 rings (SSSR count). The summed E-state index contributed by atoms with van der Waals surface area (Å²) in [5, 5.41) is 9.30. The fourth-order valence-corrected chi connectivity index (χ4v) is 2.32. The lowest BCUT2D eigenvalue weighted by atomic mass is 9.88. The van der Waals surface area contributed by atoms with Crippen LogP contribution in [0.2, 0.25) is 0 Å². The number of carboxylic acid groups (broad SMARTS) is 1. The maximum absolute atomic E-state index is 11.3. The summed E-state index contributed by atoms with van der Waals surface area (Å²) in [5.74, 6) is -0.308. The van der Waals surface area contributed by atoms with Crippen molar-refractivity contribution in [1.29, 1.82) is 0 Å². The molecule has 1 saturated carbocycles. The van der Waals surface area contributed by atoms with Crippen molar-refractivity contribution in [1.82, 2.24) is 4.90 Å². The summed E-state index contributed by atoms with van der Waals surface area (Å²) in [6.07, 6.45) is 4.59. The molecule has 15 heavy (non-hydrogen) atoms. The van der Waals surface area contributed by atoms with Crippen molar-refractivity contribution in [2.75, 3.05) is 7.05 Å². The quantitative estimate of drug-likeness (QED) is 0.571. The maximum Gasteiger partial charge on any atom is 0.329 e. The van der Waals surface area contributed by atoms with E-state index in [1.54, 1.807) is 7.05 Å². The number of hydrogen-bond acceptors (Lipinski definition) is 2. The van der Waals surface area contributed by atoms with E-state index in [1.807, 2.05) is 0 Å². The second-order valence-corrected chi connectivity index (χ2v) is 4.59. The van der Waals surface area contributed by atoms with E-state index >= 15 is 0 Å². The van der Waals surface area contributed by atoms with Crippen LogP contribution in [0.3, 0.4) is 0 Å². The Balaban J connectivity index is 2.89. The van der Waals surface area contributed by atoms with Gasteiger partial charge in [-0.3, -0.25) is 4.79 Å². The number of nitrogens with zero attached hydrogens (tertiary/aromatic N) is 1. The van der Waals surface area contributed by atoms with Crippen molar-refractivity contribution >= 4 is 12.4 Å². The van der Waals surface area contributed by atoms with E-state index in [2.05, 4.69) is 6.92 Å². The summed E-state index contributed by atoms with van der Waals surface area (Å²) in [5.41, 5.74) is -0.966.